The van der Waals surface area contributed by atoms with Crippen molar-refractivity contribution >= 4 is 30.0 Å². The number of fused-ring (bicyclic) bond motifs is 1. The molecule has 0 aromatic heterocycles. The first-order chi connectivity index (χ1) is 13.2. The van der Waals surface area contributed by atoms with Gasteiger partial charge in [-0.1, -0.05) is 65.1 Å². The Labute approximate surface area is 211 Å². The quantitative estimate of drug-likeness (QED) is 0.279. The number of aryl methyl sites for hydroxylation is 1. The average molecular weight is 491 g/mol. The molecule has 4 heteroatoms. The van der Waals surface area contributed by atoms with Crippen molar-refractivity contribution in [3.63, 3.8) is 0 Å². The Kier molecular flexibility index (Phi) is 14.7. The first kappa shape index (κ1) is 29.3. The molecular formula is C26H29Cl2PTi. The summed E-state index contributed by atoms with van der Waals surface area (Å²) in [6.07, 6.45) is 11.3. The summed E-state index contributed by atoms with van der Waals surface area (Å²) in [7, 11) is 0.759. The second kappa shape index (κ2) is 15.1. The molecule has 0 amide bonds. The molecule has 30 heavy (non-hydrogen) atoms. The molecule has 0 saturated carbocycles. The Hall–Kier alpha value is -0.746. The van der Waals surface area contributed by atoms with Crippen molar-refractivity contribution in [2.45, 2.75) is 40.0 Å². The van der Waals surface area contributed by atoms with Crippen LogP contribution in [-0.4, -0.2) is 0 Å². The van der Waals surface area contributed by atoms with E-state index >= 15 is 0 Å². The third-order valence-corrected chi connectivity index (χ3v) is 6.42. The van der Waals surface area contributed by atoms with Gasteiger partial charge in [-0.15, -0.1) is 46.8 Å². The van der Waals surface area contributed by atoms with Gasteiger partial charge in [0.1, 0.15) is 0 Å². The first-order valence-corrected chi connectivity index (χ1v) is 10.9. The van der Waals surface area contributed by atoms with E-state index in [0.29, 0.717) is 0 Å². The summed E-state index contributed by atoms with van der Waals surface area (Å²) in [5.41, 5.74) is 2.80. The van der Waals surface area contributed by atoms with E-state index in [2.05, 4.69) is 99.7 Å². The van der Waals surface area contributed by atoms with E-state index < -0.39 is 0 Å². The monoisotopic (exact) mass is 490 g/mol. The minimum absolute atomic E-state index is 0. The average Bonchev–Trinajstić information content (AvgIpc) is 3.33. The summed E-state index contributed by atoms with van der Waals surface area (Å²) in [5, 5.41) is 5.58. The molecule has 0 fully saturated rings. The minimum atomic E-state index is 0. The SMILES string of the molecule is CCCC(C)C1=[C-]CC=C1.Cc1ccccc1Pc1cc2ccccc2[cH-]1.[Cl-].[Cl-].[Ti+4]. The molecule has 1 aliphatic rings. The Balaban J connectivity index is 0.000000569. The predicted molar refractivity (Wildman–Crippen MR) is 123 cm³/mol. The molecule has 2 unspecified atom stereocenters. The van der Waals surface area contributed by atoms with E-state index in [4.69, 9.17) is 0 Å². The summed E-state index contributed by atoms with van der Waals surface area (Å²) in [4.78, 5) is 0. The van der Waals surface area contributed by atoms with Crippen molar-refractivity contribution < 1.29 is 46.5 Å². The predicted octanol–water partition coefficient (Wildman–Crippen LogP) is 0.614. The van der Waals surface area contributed by atoms with Crippen LogP contribution in [0.15, 0.2) is 78.4 Å². The van der Waals surface area contributed by atoms with Gasteiger partial charge in [0, 0.05) is 0 Å². The van der Waals surface area contributed by atoms with Crippen LogP contribution >= 0.6 is 8.58 Å². The standard InChI is InChI=1S/C16H14P.C10H15.2ClH.Ti/c1-12-6-2-5-9-16(12)17-15-10-13-7-3-4-8-14(13)11-15;1-3-6-9(2)10-7-4-5-8-10;;;/h2-11,17H,1H3;4,7,9H,3,5-6H2,1-2H3;2*1H;/q2*-1;;;+4/p-2. The van der Waals surface area contributed by atoms with Gasteiger partial charge in [-0.05, 0) is 24.2 Å². The fraction of sp³-hybridized carbons (Fsp3) is 0.269. The van der Waals surface area contributed by atoms with Crippen LogP contribution in [0, 0.1) is 18.9 Å². The maximum Gasteiger partial charge on any atom is 4.00 e. The smallest absolute Gasteiger partial charge is 1.00 e. The van der Waals surface area contributed by atoms with Crippen LogP contribution in [0.3, 0.4) is 0 Å². The zero-order valence-corrected chi connectivity index (χ0v) is 22.0. The topological polar surface area (TPSA) is 0 Å². The molecule has 3 aromatic rings. The van der Waals surface area contributed by atoms with Crippen molar-refractivity contribution in [3.8, 4) is 0 Å². The van der Waals surface area contributed by atoms with Gasteiger partial charge in [-0.25, -0.2) is 11.6 Å². The van der Waals surface area contributed by atoms with Gasteiger partial charge >= 0.3 is 21.7 Å². The fourth-order valence-electron chi connectivity index (χ4n) is 3.44. The molecule has 0 heterocycles. The van der Waals surface area contributed by atoms with Crippen LogP contribution in [0.25, 0.3) is 10.8 Å². The van der Waals surface area contributed by atoms with Gasteiger partial charge in [0.05, 0.1) is 0 Å². The molecular weight excluding hydrogens is 462 g/mol. The van der Waals surface area contributed by atoms with Gasteiger partial charge in [-0.2, -0.15) is 12.1 Å². The molecule has 156 valence electrons. The third-order valence-electron chi connectivity index (χ3n) is 5.02. The van der Waals surface area contributed by atoms with Gasteiger partial charge in [0.15, 0.2) is 0 Å². The molecule has 0 N–H and O–H groups in total. The number of hydrogen-bond donors (Lipinski definition) is 0. The molecule has 0 radical (unpaired) electrons. The van der Waals surface area contributed by atoms with Crippen LogP contribution in [0.4, 0.5) is 0 Å². The number of benzene rings is 2. The van der Waals surface area contributed by atoms with Gasteiger partial charge in [0.25, 0.3) is 0 Å². The molecule has 0 aliphatic heterocycles. The Morgan fingerprint density at radius 2 is 1.77 bits per heavy atom. The Bertz CT molecular complexity index is 910. The molecule has 0 spiro atoms. The van der Waals surface area contributed by atoms with E-state index in [0.717, 1.165) is 20.9 Å². The van der Waals surface area contributed by atoms with Crippen molar-refractivity contribution in [1.82, 2.24) is 0 Å². The van der Waals surface area contributed by atoms with Crippen molar-refractivity contribution in [2.75, 3.05) is 0 Å². The fourth-order valence-corrected chi connectivity index (χ4v) is 4.67. The van der Waals surface area contributed by atoms with Crippen molar-refractivity contribution in [1.29, 1.82) is 0 Å². The molecule has 2 atom stereocenters. The van der Waals surface area contributed by atoms with Crippen LogP contribution in [0.5, 0.6) is 0 Å². The van der Waals surface area contributed by atoms with E-state index in [1.54, 1.807) is 0 Å². The summed E-state index contributed by atoms with van der Waals surface area (Å²) < 4.78 is 0. The van der Waals surface area contributed by atoms with Crippen LogP contribution < -0.4 is 35.4 Å². The van der Waals surface area contributed by atoms with E-state index in [1.165, 1.54) is 45.4 Å². The molecule has 0 nitrogen and oxygen atoms in total. The van der Waals surface area contributed by atoms with Gasteiger partial charge in [0.2, 0.25) is 0 Å². The zero-order chi connectivity index (χ0) is 19.1. The normalized spacial score (nSPS) is 13.0. The maximum absolute atomic E-state index is 3.35. The molecule has 3 aromatic carbocycles. The molecule has 1 aliphatic carbocycles. The maximum atomic E-state index is 3.35. The number of hydrogen-bond acceptors (Lipinski definition) is 0. The summed E-state index contributed by atoms with van der Waals surface area (Å²) in [6, 6.07) is 21.8. The van der Waals surface area contributed by atoms with E-state index in [1.807, 2.05) is 0 Å². The van der Waals surface area contributed by atoms with Crippen LogP contribution in [-0.2, 0) is 21.7 Å². The largest absolute Gasteiger partial charge is 4.00 e. The summed E-state index contributed by atoms with van der Waals surface area (Å²) in [5.74, 6) is 0.726. The Morgan fingerprint density at radius 3 is 2.40 bits per heavy atom. The van der Waals surface area contributed by atoms with Gasteiger partial charge in [-0.3, -0.25) is 6.08 Å². The second-order valence-corrected chi connectivity index (χ2v) is 8.61. The third kappa shape index (κ3) is 8.41. The van der Waals surface area contributed by atoms with Crippen LogP contribution in [0.1, 0.15) is 38.7 Å². The molecule has 4 rings (SSSR count). The second-order valence-electron chi connectivity index (χ2n) is 7.24. The van der Waals surface area contributed by atoms with Gasteiger partial charge < -0.3 is 24.8 Å². The van der Waals surface area contributed by atoms with Crippen molar-refractivity contribution in [2.24, 2.45) is 5.92 Å². The summed E-state index contributed by atoms with van der Waals surface area (Å²) in [6.45, 7) is 6.70. The number of allylic oxidation sites excluding steroid dienone is 4. The zero-order valence-electron chi connectivity index (χ0n) is 17.9. The number of halogens is 2. The summed E-state index contributed by atoms with van der Waals surface area (Å²) >= 11 is 0. The van der Waals surface area contributed by atoms with E-state index in [-0.39, 0.29) is 46.5 Å². The minimum Gasteiger partial charge on any atom is -1.00 e. The van der Waals surface area contributed by atoms with E-state index in [9.17, 15) is 0 Å². The molecule has 0 saturated heterocycles. The van der Waals surface area contributed by atoms with Crippen LogP contribution in [0.2, 0.25) is 0 Å². The Morgan fingerprint density at radius 1 is 1.07 bits per heavy atom. The number of rotatable bonds is 5. The van der Waals surface area contributed by atoms with Crippen molar-refractivity contribution in [3.05, 3.63) is 90.0 Å². The molecule has 0 bridgehead atoms. The first-order valence-electron chi connectivity index (χ1n) is 9.92.